The fourth-order valence-corrected chi connectivity index (χ4v) is 3.67. The molecule has 0 aliphatic heterocycles. The summed E-state index contributed by atoms with van der Waals surface area (Å²) in [6.07, 6.45) is 0. The first-order valence-corrected chi connectivity index (χ1v) is 7.08. The van der Waals surface area contributed by atoms with Crippen molar-refractivity contribution in [2.75, 3.05) is 11.1 Å². The molecule has 1 aromatic carbocycles. The monoisotopic (exact) mass is 272 g/mol. The molecule has 0 bridgehead atoms. The average Bonchev–Trinajstić information content (AvgIpc) is 2.20. The van der Waals surface area contributed by atoms with E-state index in [1.54, 1.807) is 0 Å². The van der Waals surface area contributed by atoms with Gasteiger partial charge in [-0.15, -0.1) is 11.8 Å². The zero-order chi connectivity index (χ0) is 10.4. The van der Waals surface area contributed by atoms with Gasteiger partial charge in [-0.05, 0) is 24.0 Å². The maximum Gasteiger partial charge on any atom is 0.00720 e. The van der Waals surface area contributed by atoms with Crippen molar-refractivity contribution in [2.45, 2.75) is 18.7 Å². The van der Waals surface area contributed by atoms with Crippen LogP contribution in [0.25, 0.3) is 0 Å². The highest BCUT2D eigenvalue weighted by atomic mass is 79.9. The number of thioether (sulfide) groups is 1. The summed E-state index contributed by atoms with van der Waals surface area (Å²) in [6, 6.07) is 10.6. The lowest BCUT2D eigenvalue weighted by atomic mass is 10.0. The number of halogens is 1. The Hall–Kier alpha value is 0.0500. The van der Waals surface area contributed by atoms with Crippen molar-refractivity contribution in [3.8, 4) is 0 Å². The molecule has 1 rings (SSSR count). The first-order chi connectivity index (χ1) is 6.74. The fraction of sp³-hybridized carbons (Fsp3) is 0.500. The minimum atomic E-state index is 0.755. The van der Waals surface area contributed by atoms with Gasteiger partial charge in [0.25, 0.3) is 0 Å². The Morgan fingerprint density at radius 1 is 1.21 bits per heavy atom. The highest BCUT2D eigenvalue weighted by molar-refractivity contribution is 9.09. The summed E-state index contributed by atoms with van der Waals surface area (Å²) in [5.74, 6) is 2.72. The minimum Gasteiger partial charge on any atom is -0.126 e. The number of alkyl halides is 1. The zero-order valence-corrected chi connectivity index (χ0v) is 11.1. The molecule has 0 N–H and O–H groups in total. The van der Waals surface area contributed by atoms with Crippen LogP contribution >= 0.6 is 27.7 Å². The Kier molecular flexibility index (Phi) is 5.64. The lowest BCUT2D eigenvalue weighted by Gasteiger charge is -2.17. The van der Waals surface area contributed by atoms with E-state index in [-0.39, 0.29) is 0 Å². The molecule has 0 saturated heterocycles. The van der Waals surface area contributed by atoms with Crippen molar-refractivity contribution in [1.82, 2.24) is 0 Å². The van der Waals surface area contributed by atoms with Gasteiger partial charge in [0.1, 0.15) is 0 Å². The van der Waals surface area contributed by atoms with E-state index in [4.69, 9.17) is 0 Å². The average molecular weight is 273 g/mol. The Morgan fingerprint density at radius 2 is 1.86 bits per heavy atom. The van der Waals surface area contributed by atoms with Crippen LogP contribution in [0.15, 0.2) is 35.2 Å². The van der Waals surface area contributed by atoms with E-state index < -0.39 is 0 Å². The Morgan fingerprint density at radius 3 is 2.36 bits per heavy atom. The van der Waals surface area contributed by atoms with E-state index in [9.17, 15) is 0 Å². The van der Waals surface area contributed by atoms with Crippen molar-refractivity contribution in [3.05, 3.63) is 30.3 Å². The van der Waals surface area contributed by atoms with Crippen LogP contribution in [-0.4, -0.2) is 11.1 Å². The molecule has 0 heterocycles. The molecule has 0 aliphatic rings. The summed E-state index contributed by atoms with van der Waals surface area (Å²) < 4.78 is 0. The number of hydrogen-bond acceptors (Lipinski definition) is 1. The van der Waals surface area contributed by atoms with Crippen molar-refractivity contribution < 1.29 is 0 Å². The molecule has 2 heteroatoms. The molecule has 0 spiro atoms. The summed E-state index contributed by atoms with van der Waals surface area (Å²) in [6.45, 7) is 4.58. The largest absolute Gasteiger partial charge is 0.126 e. The van der Waals surface area contributed by atoms with Crippen LogP contribution in [0.4, 0.5) is 0 Å². The third-order valence-corrected chi connectivity index (χ3v) is 4.38. The Balaban J connectivity index is 2.40. The van der Waals surface area contributed by atoms with Crippen LogP contribution in [0.5, 0.6) is 0 Å². The zero-order valence-electron chi connectivity index (χ0n) is 8.74. The second-order valence-corrected chi connectivity index (χ2v) is 5.52. The van der Waals surface area contributed by atoms with E-state index in [1.165, 1.54) is 10.6 Å². The topological polar surface area (TPSA) is 0 Å². The summed E-state index contributed by atoms with van der Waals surface area (Å²) in [7, 11) is 0. The minimum absolute atomic E-state index is 0.755. The molecule has 0 aromatic heterocycles. The van der Waals surface area contributed by atoms with Crippen LogP contribution < -0.4 is 0 Å². The van der Waals surface area contributed by atoms with E-state index in [0.717, 1.165) is 17.2 Å². The van der Waals surface area contributed by atoms with Crippen LogP contribution in [-0.2, 0) is 0 Å². The first-order valence-electron chi connectivity index (χ1n) is 4.98. The van der Waals surface area contributed by atoms with E-state index in [0.29, 0.717) is 0 Å². The van der Waals surface area contributed by atoms with E-state index >= 15 is 0 Å². The summed E-state index contributed by atoms with van der Waals surface area (Å²) in [5.41, 5.74) is 0. The molecule has 0 amide bonds. The summed E-state index contributed by atoms with van der Waals surface area (Å²) in [5, 5.41) is 1.10. The first kappa shape index (κ1) is 12.1. The molecule has 0 radical (unpaired) electrons. The molecule has 0 saturated carbocycles. The predicted octanol–water partition coefficient (Wildman–Crippen LogP) is 4.45. The molecule has 1 unspecified atom stereocenters. The van der Waals surface area contributed by atoms with Gasteiger partial charge in [-0.1, -0.05) is 48.0 Å². The smallest absolute Gasteiger partial charge is 0.00720 e. The summed E-state index contributed by atoms with van der Waals surface area (Å²) >= 11 is 5.53. The van der Waals surface area contributed by atoms with Gasteiger partial charge < -0.3 is 0 Å². The van der Waals surface area contributed by atoms with Gasteiger partial charge >= 0.3 is 0 Å². The molecular formula is C12H17BrS. The quantitative estimate of drug-likeness (QED) is 0.564. The van der Waals surface area contributed by atoms with Gasteiger partial charge in [-0.2, -0.15) is 0 Å². The van der Waals surface area contributed by atoms with Crippen LogP contribution in [0, 0.1) is 11.8 Å². The lowest BCUT2D eigenvalue weighted by Crippen LogP contribution is -2.12. The Labute approximate surface area is 99.6 Å². The highest BCUT2D eigenvalue weighted by Crippen LogP contribution is 2.24. The molecule has 14 heavy (non-hydrogen) atoms. The fourth-order valence-electron chi connectivity index (χ4n) is 1.14. The van der Waals surface area contributed by atoms with Crippen LogP contribution in [0.2, 0.25) is 0 Å². The van der Waals surface area contributed by atoms with Crippen LogP contribution in [0.3, 0.4) is 0 Å². The van der Waals surface area contributed by atoms with Gasteiger partial charge in [0.2, 0.25) is 0 Å². The van der Waals surface area contributed by atoms with E-state index in [2.05, 4.69) is 60.1 Å². The molecule has 0 aliphatic carbocycles. The number of rotatable bonds is 5. The number of hydrogen-bond donors (Lipinski definition) is 0. The molecular weight excluding hydrogens is 256 g/mol. The summed E-state index contributed by atoms with van der Waals surface area (Å²) in [4.78, 5) is 1.37. The SMILES string of the molecule is CC(C)C(CBr)CSc1ccccc1. The standard InChI is InChI=1S/C12H17BrS/c1-10(2)11(8-13)9-14-12-6-4-3-5-7-12/h3-7,10-11H,8-9H2,1-2H3. The van der Waals surface area contributed by atoms with Crippen molar-refractivity contribution in [1.29, 1.82) is 0 Å². The Bertz CT molecular complexity index is 246. The second kappa shape index (κ2) is 6.52. The third-order valence-electron chi connectivity index (χ3n) is 2.35. The van der Waals surface area contributed by atoms with Gasteiger partial charge in [0.05, 0.1) is 0 Å². The van der Waals surface area contributed by atoms with Gasteiger partial charge in [0.15, 0.2) is 0 Å². The van der Waals surface area contributed by atoms with Gasteiger partial charge in [0, 0.05) is 16.0 Å². The van der Waals surface area contributed by atoms with Gasteiger partial charge in [-0.25, -0.2) is 0 Å². The second-order valence-electron chi connectivity index (χ2n) is 3.78. The highest BCUT2D eigenvalue weighted by Gasteiger charge is 2.11. The van der Waals surface area contributed by atoms with Crippen molar-refractivity contribution in [3.63, 3.8) is 0 Å². The predicted molar refractivity (Wildman–Crippen MR) is 69.3 cm³/mol. The molecule has 78 valence electrons. The molecule has 0 fully saturated rings. The molecule has 1 atom stereocenters. The lowest BCUT2D eigenvalue weighted by molar-refractivity contribution is 0.474. The normalized spacial score (nSPS) is 13.1. The van der Waals surface area contributed by atoms with Crippen molar-refractivity contribution in [2.24, 2.45) is 11.8 Å². The van der Waals surface area contributed by atoms with E-state index in [1.807, 2.05) is 11.8 Å². The number of benzene rings is 1. The maximum absolute atomic E-state index is 3.58. The van der Waals surface area contributed by atoms with Crippen LogP contribution in [0.1, 0.15) is 13.8 Å². The third kappa shape index (κ3) is 4.05. The van der Waals surface area contributed by atoms with Gasteiger partial charge in [-0.3, -0.25) is 0 Å². The molecule has 1 aromatic rings. The maximum atomic E-state index is 3.58. The molecule has 0 nitrogen and oxygen atoms in total. The van der Waals surface area contributed by atoms with Crippen molar-refractivity contribution >= 4 is 27.7 Å².